The highest BCUT2D eigenvalue weighted by molar-refractivity contribution is 14.0. The predicted octanol–water partition coefficient (Wildman–Crippen LogP) is 3.82. The van der Waals surface area contributed by atoms with Crippen LogP contribution < -0.4 is 10.6 Å². The molecule has 1 fully saturated rings. The molecule has 1 aliphatic rings. The molecule has 1 rings (SSSR count). The van der Waals surface area contributed by atoms with Gasteiger partial charge in [-0.3, -0.25) is 4.99 Å². The third-order valence-corrected chi connectivity index (χ3v) is 4.08. The van der Waals surface area contributed by atoms with Gasteiger partial charge in [0.1, 0.15) is 0 Å². The molecule has 5 nitrogen and oxygen atoms in total. The highest BCUT2D eigenvalue weighted by Gasteiger charge is 2.15. The zero-order valence-electron chi connectivity index (χ0n) is 16.7. The van der Waals surface area contributed by atoms with Crippen LogP contribution >= 0.6 is 24.0 Å². The van der Waals surface area contributed by atoms with E-state index >= 15 is 0 Å². The van der Waals surface area contributed by atoms with Gasteiger partial charge < -0.3 is 20.1 Å². The Balaban J connectivity index is 0.00000576. The Kier molecular flexibility index (Phi) is 15.0. The molecule has 25 heavy (non-hydrogen) atoms. The molecule has 0 aromatic carbocycles. The van der Waals surface area contributed by atoms with Crippen LogP contribution in [0.4, 0.5) is 0 Å². The molecule has 0 amide bonds. The first-order chi connectivity index (χ1) is 11.5. The highest BCUT2D eigenvalue weighted by Crippen LogP contribution is 2.21. The average Bonchev–Trinajstić information content (AvgIpc) is 3.02. The van der Waals surface area contributed by atoms with Crippen LogP contribution in [0, 0.1) is 11.3 Å². The Labute approximate surface area is 172 Å². The molecule has 0 radical (unpaired) electrons. The van der Waals surface area contributed by atoms with Crippen LogP contribution in [0.3, 0.4) is 0 Å². The van der Waals surface area contributed by atoms with Crippen LogP contribution in [-0.2, 0) is 9.47 Å². The molecular weight excluding hydrogens is 429 g/mol. The molecular formula is C19H40IN3O2. The fourth-order valence-electron chi connectivity index (χ4n) is 2.65. The monoisotopic (exact) mass is 469 g/mol. The minimum atomic E-state index is 0. The lowest BCUT2D eigenvalue weighted by molar-refractivity contribution is 0.0893. The van der Waals surface area contributed by atoms with Crippen molar-refractivity contribution in [3.05, 3.63) is 0 Å². The van der Waals surface area contributed by atoms with Crippen molar-refractivity contribution in [3.8, 4) is 0 Å². The Morgan fingerprint density at radius 1 is 1.20 bits per heavy atom. The van der Waals surface area contributed by atoms with Gasteiger partial charge in [-0.2, -0.15) is 0 Å². The Hall–Kier alpha value is -0.0800. The van der Waals surface area contributed by atoms with Crippen LogP contribution in [0.1, 0.15) is 59.8 Å². The molecule has 1 unspecified atom stereocenters. The Morgan fingerprint density at radius 3 is 2.64 bits per heavy atom. The number of unbranched alkanes of at least 4 members (excludes halogenated alkanes) is 1. The Bertz CT molecular complexity index is 340. The lowest BCUT2D eigenvalue weighted by Gasteiger charge is -2.18. The summed E-state index contributed by atoms with van der Waals surface area (Å²) < 4.78 is 11.1. The lowest BCUT2D eigenvalue weighted by atomic mass is 9.90. The van der Waals surface area contributed by atoms with Gasteiger partial charge in [0.2, 0.25) is 0 Å². The van der Waals surface area contributed by atoms with Gasteiger partial charge in [0.25, 0.3) is 0 Å². The normalized spacial score (nSPS) is 18.1. The number of hydrogen-bond acceptors (Lipinski definition) is 3. The summed E-state index contributed by atoms with van der Waals surface area (Å²) >= 11 is 0. The van der Waals surface area contributed by atoms with Crippen LogP contribution in [0.2, 0.25) is 0 Å². The number of ether oxygens (including phenoxy) is 2. The number of rotatable bonds is 11. The molecule has 0 bridgehead atoms. The second kappa shape index (κ2) is 15.0. The van der Waals surface area contributed by atoms with Gasteiger partial charge in [0.05, 0.1) is 13.2 Å². The van der Waals surface area contributed by atoms with Crippen molar-refractivity contribution < 1.29 is 9.47 Å². The fraction of sp³-hybridized carbons (Fsp3) is 0.947. The first-order valence-corrected chi connectivity index (χ1v) is 9.69. The predicted molar refractivity (Wildman–Crippen MR) is 117 cm³/mol. The highest BCUT2D eigenvalue weighted by atomic mass is 127. The number of halogens is 1. The maximum Gasteiger partial charge on any atom is 0.191 e. The SMILES string of the molecule is CCNC(=NCCCOCC1CCOC1)NCCCCC(C)(C)C.I. The molecule has 6 heteroatoms. The third-order valence-electron chi connectivity index (χ3n) is 4.08. The molecule has 0 aliphatic carbocycles. The quantitative estimate of drug-likeness (QED) is 0.209. The summed E-state index contributed by atoms with van der Waals surface area (Å²) in [4.78, 5) is 4.62. The van der Waals surface area contributed by atoms with E-state index in [1.165, 1.54) is 19.3 Å². The number of nitrogens with zero attached hydrogens (tertiary/aromatic N) is 1. The largest absolute Gasteiger partial charge is 0.381 e. The van der Waals surface area contributed by atoms with Gasteiger partial charge in [-0.15, -0.1) is 24.0 Å². The zero-order chi connectivity index (χ0) is 17.7. The molecule has 150 valence electrons. The van der Waals surface area contributed by atoms with Crippen molar-refractivity contribution in [2.24, 2.45) is 16.3 Å². The van der Waals surface area contributed by atoms with Crippen molar-refractivity contribution in [3.63, 3.8) is 0 Å². The minimum Gasteiger partial charge on any atom is -0.381 e. The molecule has 0 aromatic rings. The molecule has 1 atom stereocenters. The van der Waals surface area contributed by atoms with Crippen molar-refractivity contribution in [1.29, 1.82) is 0 Å². The maximum atomic E-state index is 5.71. The fourth-order valence-corrected chi connectivity index (χ4v) is 2.65. The van der Waals surface area contributed by atoms with Crippen LogP contribution in [0.15, 0.2) is 4.99 Å². The van der Waals surface area contributed by atoms with E-state index in [2.05, 4.69) is 43.3 Å². The van der Waals surface area contributed by atoms with Crippen molar-refractivity contribution in [1.82, 2.24) is 10.6 Å². The van der Waals surface area contributed by atoms with Gasteiger partial charge in [0.15, 0.2) is 5.96 Å². The number of aliphatic imine (C=N–C) groups is 1. The first-order valence-electron chi connectivity index (χ1n) is 9.69. The molecule has 0 spiro atoms. The number of nitrogens with one attached hydrogen (secondary N) is 2. The van der Waals surface area contributed by atoms with E-state index in [0.29, 0.717) is 11.3 Å². The lowest BCUT2D eigenvalue weighted by Crippen LogP contribution is -2.38. The van der Waals surface area contributed by atoms with E-state index in [1.807, 2.05) is 0 Å². The average molecular weight is 469 g/mol. The van der Waals surface area contributed by atoms with E-state index in [1.54, 1.807) is 0 Å². The van der Waals surface area contributed by atoms with Crippen molar-refractivity contribution in [2.75, 3.05) is 46.1 Å². The van der Waals surface area contributed by atoms with Crippen molar-refractivity contribution in [2.45, 2.75) is 59.8 Å². The smallest absolute Gasteiger partial charge is 0.191 e. The van der Waals surface area contributed by atoms with Gasteiger partial charge in [-0.05, 0) is 38.0 Å². The molecule has 2 N–H and O–H groups in total. The summed E-state index contributed by atoms with van der Waals surface area (Å²) in [5.74, 6) is 1.53. The summed E-state index contributed by atoms with van der Waals surface area (Å²) in [5, 5.41) is 6.73. The maximum absolute atomic E-state index is 5.71. The van der Waals surface area contributed by atoms with E-state index < -0.39 is 0 Å². The van der Waals surface area contributed by atoms with Gasteiger partial charge in [0, 0.05) is 38.8 Å². The second-order valence-corrected chi connectivity index (χ2v) is 7.86. The van der Waals surface area contributed by atoms with Crippen LogP contribution in [0.5, 0.6) is 0 Å². The zero-order valence-corrected chi connectivity index (χ0v) is 19.1. The minimum absolute atomic E-state index is 0. The van der Waals surface area contributed by atoms with Gasteiger partial charge >= 0.3 is 0 Å². The topological polar surface area (TPSA) is 54.9 Å². The van der Waals surface area contributed by atoms with Crippen LogP contribution in [0.25, 0.3) is 0 Å². The Morgan fingerprint density at radius 2 is 2.00 bits per heavy atom. The van der Waals surface area contributed by atoms with E-state index in [0.717, 1.165) is 64.9 Å². The summed E-state index contributed by atoms with van der Waals surface area (Å²) in [7, 11) is 0. The summed E-state index contributed by atoms with van der Waals surface area (Å²) in [6, 6.07) is 0. The third kappa shape index (κ3) is 14.7. The second-order valence-electron chi connectivity index (χ2n) is 7.86. The summed E-state index contributed by atoms with van der Waals surface area (Å²) in [6.45, 7) is 15.1. The molecule has 1 heterocycles. The summed E-state index contributed by atoms with van der Waals surface area (Å²) in [5.41, 5.74) is 0.434. The molecule has 0 aromatic heterocycles. The standard InChI is InChI=1S/C19H39N3O2.HI/c1-5-20-18(21-11-7-6-10-19(2,3)4)22-12-8-13-23-15-17-9-14-24-16-17;/h17H,5-16H2,1-4H3,(H2,20,21,22);1H. The van der Waals surface area contributed by atoms with E-state index in [9.17, 15) is 0 Å². The van der Waals surface area contributed by atoms with E-state index in [-0.39, 0.29) is 24.0 Å². The van der Waals surface area contributed by atoms with Crippen molar-refractivity contribution >= 4 is 29.9 Å². The van der Waals surface area contributed by atoms with Crippen LogP contribution in [-0.4, -0.2) is 52.0 Å². The molecule has 0 saturated carbocycles. The number of guanidine groups is 1. The van der Waals surface area contributed by atoms with Gasteiger partial charge in [-0.1, -0.05) is 27.2 Å². The summed E-state index contributed by atoms with van der Waals surface area (Å²) in [6.07, 6.45) is 5.82. The van der Waals surface area contributed by atoms with Gasteiger partial charge in [-0.25, -0.2) is 0 Å². The first kappa shape index (κ1) is 24.9. The molecule has 1 aliphatic heterocycles. The number of hydrogen-bond donors (Lipinski definition) is 2. The van der Waals surface area contributed by atoms with E-state index in [4.69, 9.17) is 9.47 Å². The molecule has 1 saturated heterocycles.